The molecule has 1 aliphatic rings. The standard InChI is InChI=1S/C22H32N4O5S2/c1-12(2)18(25-19(27)14(23)11-32)21(29)26-16-7-5-4-6-13(16)10-17(26)20(28)24-15(22(30)31)8-9-33-3/h4-7,12,14-15,17-18,32H,8-11,23H2,1-3H3,(H,24,28)(H,25,27)(H,30,31)/t14-,15+,17?,18-/m0/s1. The van der Waals surface area contributed by atoms with E-state index in [0.717, 1.165) is 5.56 Å². The summed E-state index contributed by atoms with van der Waals surface area (Å²) in [5.74, 6) is -2.22. The van der Waals surface area contributed by atoms with Crippen LogP contribution in [0.5, 0.6) is 0 Å². The van der Waals surface area contributed by atoms with Crippen LogP contribution in [0.3, 0.4) is 0 Å². The predicted octanol–water partition coefficient (Wildman–Crippen LogP) is 0.665. The number of thiol groups is 1. The zero-order valence-electron chi connectivity index (χ0n) is 19.0. The van der Waals surface area contributed by atoms with E-state index in [9.17, 15) is 24.3 Å². The van der Waals surface area contributed by atoms with E-state index in [1.54, 1.807) is 26.0 Å². The third-order valence-corrected chi connectivity index (χ3v) is 6.54. The lowest BCUT2D eigenvalue weighted by atomic mass is 10.0. The summed E-state index contributed by atoms with van der Waals surface area (Å²) in [7, 11) is 0. The van der Waals surface area contributed by atoms with Crippen LogP contribution in [0.4, 0.5) is 5.69 Å². The van der Waals surface area contributed by atoms with Crippen molar-refractivity contribution in [1.29, 1.82) is 0 Å². The number of para-hydroxylation sites is 1. The van der Waals surface area contributed by atoms with Gasteiger partial charge >= 0.3 is 5.97 Å². The van der Waals surface area contributed by atoms with Gasteiger partial charge in [0.05, 0.1) is 6.04 Å². The van der Waals surface area contributed by atoms with Crippen molar-refractivity contribution in [1.82, 2.24) is 10.6 Å². The topological polar surface area (TPSA) is 142 Å². The second-order valence-electron chi connectivity index (χ2n) is 8.26. The Morgan fingerprint density at radius 1 is 1.24 bits per heavy atom. The molecule has 0 spiro atoms. The number of nitrogens with one attached hydrogen (secondary N) is 2. The molecular formula is C22H32N4O5S2. The maximum Gasteiger partial charge on any atom is 0.326 e. The SMILES string of the molecule is CSCC[C@@H](NC(=O)C1Cc2ccccc2N1C(=O)[C@@H](NC(=O)[C@@H](N)CS)C(C)C)C(=O)O. The number of aliphatic carboxylic acids is 1. The van der Waals surface area contributed by atoms with Crippen LogP contribution in [-0.2, 0) is 25.6 Å². The molecule has 33 heavy (non-hydrogen) atoms. The zero-order chi connectivity index (χ0) is 24.7. The van der Waals surface area contributed by atoms with Gasteiger partial charge in [-0.2, -0.15) is 24.4 Å². The number of rotatable bonds is 11. The van der Waals surface area contributed by atoms with Crippen molar-refractivity contribution < 1.29 is 24.3 Å². The quantitative estimate of drug-likeness (QED) is 0.283. The van der Waals surface area contributed by atoms with Crippen molar-refractivity contribution in [2.45, 2.75) is 50.9 Å². The molecule has 5 N–H and O–H groups in total. The summed E-state index contributed by atoms with van der Waals surface area (Å²) < 4.78 is 0. The Hall–Kier alpha value is -2.24. The average Bonchev–Trinajstić information content (AvgIpc) is 3.18. The molecule has 0 fully saturated rings. The van der Waals surface area contributed by atoms with Gasteiger partial charge in [-0.1, -0.05) is 32.0 Å². The summed E-state index contributed by atoms with van der Waals surface area (Å²) in [6.45, 7) is 3.57. The molecule has 0 aliphatic carbocycles. The van der Waals surface area contributed by atoms with Crippen LogP contribution in [0.25, 0.3) is 0 Å². The van der Waals surface area contributed by atoms with Gasteiger partial charge in [0.1, 0.15) is 18.1 Å². The van der Waals surface area contributed by atoms with Gasteiger partial charge in [-0.15, -0.1) is 0 Å². The molecule has 0 saturated heterocycles. The Labute approximate surface area is 203 Å². The molecule has 3 amide bonds. The molecule has 0 aromatic heterocycles. The first-order valence-corrected chi connectivity index (χ1v) is 12.7. The molecule has 2 rings (SSSR count). The van der Waals surface area contributed by atoms with Gasteiger partial charge in [-0.3, -0.25) is 19.3 Å². The minimum Gasteiger partial charge on any atom is -0.480 e. The Bertz CT molecular complexity index is 882. The molecule has 4 atom stereocenters. The summed E-state index contributed by atoms with van der Waals surface area (Å²) >= 11 is 5.52. The first-order chi connectivity index (χ1) is 15.6. The molecule has 11 heteroatoms. The van der Waals surface area contributed by atoms with Crippen LogP contribution in [0.1, 0.15) is 25.8 Å². The Morgan fingerprint density at radius 2 is 1.91 bits per heavy atom. The second-order valence-corrected chi connectivity index (χ2v) is 9.61. The Morgan fingerprint density at radius 3 is 2.48 bits per heavy atom. The number of carbonyl (C=O) groups is 4. The first-order valence-electron chi connectivity index (χ1n) is 10.7. The van der Waals surface area contributed by atoms with Crippen LogP contribution in [0, 0.1) is 5.92 Å². The van der Waals surface area contributed by atoms with E-state index in [-0.39, 0.29) is 24.5 Å². The number of nitrogens with zero attached hydrogens (tertiary/aromatic N) is 1. The molecule has 0 saturated carbocycles. The summed E-state index contributed by atoms with van der Waals surface area (Å²) in [5.41, 5.74) is 7.12. The number of fused-ring (bicyclic) bond motifs is 1. The van der Waals surface area contributed by atoms with Gasteiger partial charge in [0.15, 0.2) is 0 Å². The number of amides is 3. The minimum atomic E-state index is -1.13. The van der Waals surface area contributed by atoms with Crippen molar-refractivity contribution in [3.8, 4) is 0 Å². The third kappa shape index (κ3) is 6.64. The summed E-state index contributed by atoms with van der Waals surface area (Å²) in [5, 5.41) is 14.8. The molecule has 1 unspecified atom stereocenters. The highest BCUT2D eigenvalue weighted by molar-refractivity contribution is 7.98. The van der Waals surface area contributed by atoms with Crippen LogP contribution in [0.15, 0.2) is 24.3 Å². The number of carbonyl (C=O) groups excluding carboxylic acids is 3. The molecule has 1 heterocycles. The van der Waals surface area contributed by atoms with Gasteiger partial charge < -0.3 is 21.5 Å². The van der Waals surface area contributed by atoms with E-state index in [1.165, 1.54) is 16.7 Å². The lowest BCUT2D eigenvalue weighted by molar-refractivity contribution is -0.142. The number of anilines is 1. The van der Waals surface area contributed by atoms with Gasteiger partial charge in [0, 0.05) is 17.9 Å². The number of nitrogens with two attached hydrogens (primary N) is 1. The average molecular weight is 497 g/mol. The lowest BCUT2D eigenvalue weighted by Gasteiger charge is -2.32. The maximum absolute atomic E-state index is 13.7. The van der Waals surface area contributed by atoms with Crippen LogP contribution < -0.4 is 21.3 Å². The predicted molar refractivity (Wildman–Crippen MR) is 133 cm³/mol. The highest BCUT2D eigenvalue weighted by atomic mass is 32.2. The van der Waals surface area contributed by atoms with E-state index in [4.69, 9.17) is 5.73 Å². The number of carboxylic acids is 1. The van der Waals surface area contributed by atoms with Crippen LogP contribution in [0.2, 0.25) is 0 Å². The number of thioether (sulfide) groups is 1. The highest BCUT2D eigenvalue weighted by Crippen LogP contribution is 2.33. The van der Waals surface area contributed by atoms with Crippen molar-refractivity contribution in [3.05, 3.63) is 29.8 Å². The third-order valence-electron chi connectivity index (χ3n) is 5.51. The number of hydrogen-bond acceptors (Lipinski definition) is 7. The van der Waals surface area contributed by atoms with E-state index < -0.39 is 47.9 Å². The molecule has 1 aliphatic heterocycles. The number of carboxylic acid groups (broad SMARTS) is 1. The molecule has 182 valence electrons. The molecule has 1 aromatic rings. The van der Waals surface area contributed by atoms with Gasteiger partial charge in [0.2, 0.25) is 11.8 Å². The highest BCUT2D eigenvalue weighted by Gasteiger charge is 2.42. The molecule has 1 aromatic carbocycles. The fourth-order valence-corrected chi connectivity index (χ4v) is 4.27. The fourth-order valence-electron chi connectivity index (χ4n) is 3.64. The normalized spacial score (nSPS) is 17.8. The van der Waals surface area contributed by atoms with Crippen molar-refractivity contribution in [2.24, 2.45) is 11.7 Å². The molecule has 0 bridgehead atoms. The summed E-state index contributed by atoms with van der Waals surface area (Å²) in [4.78, 5) is 52.2. The van der Waals surface area contributed by atoms with Gasteiger partial charge in [-0.25, -0.2) is 4.79 Å². The summed E-state index contributed by atoms with van der Waals surface area (Å²) in [6.07, 6.45) is 2.37. The number of benzene rings is 1. The Balaban J connectivity index is 2.34. The maximum atomic E-state index is 13.7. The van der Waals surface area contributed by atoms with Crippen molar-refractivity contribution in [2.75, 3.05) is 22.7 Å². The van der Waals surface area contributed by atoms with Crippen molar-refractivity contribution in [3.63, 3.8) is 0 Å². The van der Waals surface area contributed by atoms with Crippen LogP contribution in [-0.4, -0.2) is 70.7 Å². The van der Waals surface area contributed by atoms with E-state index in [2.05, 4.69) is 23.3 Å². The molecule has 0 radical (unpaired) electrons. The smallest absolute Gasteiger partial charge is 0.326 e. The minimum absolute atomic E-state index is 0.120. The van der Waals surface area contributed by atoms with Crippen molar-refractivity contribution >= 4 is 53.8 Å². The van der Waals surface area contributed by atoms with E-state index in [1.807, 2.05) is 18.4 Å². The fraction of sp³-hybridized carbons (Fsp3) is 0.545. The largest absolute Gasteiger partial charge is 0.480 e. The number of hydrogen-bond donors (Lipinski definition) is 5. The molecular weight excluding hydrogens is 464 g/mol. The monoisotopic (exact) mass is 496 g/mol. The van der Waals surface area contributed by atoms with E-state index >= 15 is 0 Å². The van der Waals surface area contributed by atoms with Gasteiger partial charge in [-0.05, 0) is 36.0 Å². The zero-order valence-corrected chi connectivity index (χ0v) is 20.7. The van der Waals surface area contributed by atoms with Crippen LogP contribution >= 0.6 is 24.4 Å². The second kappa shape index (κ2) is 12.3. The molecule has 9 nitrogen and oxygen atoms in total. The van der Waals surface area contributed by atoms with E-state index in [0.29, 0.717) is 11.4 Å². The van der Waals surface area contributed by atoms with Gasteiger partial charge in [0.25, 0.3) is 5.91 Å². The summed E-state index contributed by atoms with van der Waals surface area (Å²) in [6, 6.07) is 3.36. The first kappa shape index (κ1) is 27.0. The lowest BCUT2D eigenvalue weighted by Crippen LogP contribution is -2.59. The Kier molecular flexibility index (Phi) is 10.1.